The third-order valence-electron chi connectivity index (χ3n) is 2.88. The summed E-state index contributed by atoms with van der Waals surface area (Å²) in [5.41, 5.74) is 0.486. The molecule has 1 aromatic rings. The standard InChI is InChI=1S/C12H13NO5/c1-17-8-5-3-4-7(6-8)13-9(12(15)16)10(18-2)11(13)14/h3-6,9-10H,1-2H3,(H,15,16)/t9-,10-/m1/s1. The summed E-state index contributed by atoms with van der Waals surface area (Å²) in [4.78, 5) is 24.1. The monoisotopic (exact) mass is 251 g/mol. The van der Waals surface area contributed by atoms with Crippen LogP contribution in [0.1, 0.15) is 0 Å². The van der Waals surface area contributed by atoms with E-state index in [0.29, 0.717) is 11.4 Å². The zero-order chi connectivity index (χ0) is 13.3. The Bertz CT molecular complexity index is 487. The fourth-order valence-corrected chi connectivity index (χ4v) is 1.98. The van der Waals surface area contributed by atoms with Crippen LogP contribution in [0.15, 0.2) is 24.3 Å². The summed E-state index contributed by atoms with van der Waals surface area (Å²) in [5.74, 6) is -0.896. The highest BCUT2D eigenvalue weighted by Crippen LogP contribution is 2.32. The van der Waals surface area contributed by atoms with Crippen LogP contribution in [-0.4, -0.2) is 43.3 Å². The van der Waals surface area contributed by atoms with Crippen LogP contribution in [0.2, 0.25) is 0 Å². The van der Waals surface area contributed by atoms with E-state index in [1.54, 1.807) is 24.3 Å². The number of carbonyl (C=O) groups is 2. The zero-order valence-electron chi connectivity index (χ0n) is 9.99. The van der Waals surface area contributed by atoms with Crippen molar-refractivity contribution in [2.45, 2.75) is 12.1 Å². The largest absolute Gasteiger partial charge is 0.497 e. The zero-order valence-corrected chi connectivity index (χ0v) is 9.99. The van der Waals surface area contributed by atoms with Crippen molar-refractivity contribution < 1.29 is 24.2 Å². The number of carbonyl (C=O) groups excluding carboxylic acids is 1. The van der Waals surface area contributed by atoms with Gasteiger partial charge < -0.3 is 14.6 Å². The molecule has 0 radical (unpaired) electrons. The van der Waals surface area contributed by atoms with Crippen LogP contribution < -0.4 is 9.64 Å². The lowest BCUT2D eigenvalue weighted by Crippen LogP contribution is -2.69. The van der Waals surface area contributed by atoms with Gasteiger partial charge in [-0.1, -0.05) is 6.07 Å². The van der Waals surface area contributed by atoms with Crippen molar-refractivity contribution in [2.75, 3.05) is 19.1 Å². The van der Waals surface area contributed by atoms with E-state index in [2.05, 4.69) is 0 Å². The summed E-state index contributed by atoms with van der Waals surface area (Å²) in [6.07, 6.45) is -0.922. The van der Waals surface area contributed by atoms with Gasteiger partial charge in [-0.3, -0.25) is 9.69 Å². The highest BCUT2D eigenvalue weighted by atomic mass is 16.5. The van der Waals surface area contributed by atoms with E-state index in [9.17, 15) is 9.59 Å². The molecule has 0 spiro atoms. The van der Waals surface area contributed by atoms with Crippen molar-refractivity contribution in [3.63, 3.8) is 0 Å². The number of ether oxygens (including phenoxy) is 2. The van der Waals surface area contributed by atoms with E-state index in [-0.39, 0.29) is 5.91 Å². The summed E-state index contributed by atoms with van der Waals surface area (Å²) in [6, 6.07) is 5.69. The van der Waals surface area contributed by atoms with Crippen molar-refractivity contribution in [1.82, 2.24) is 0 Å². The minimum Gasteiger partial charge on any atom is -0.497 e. The first-order valence-electron chi connectivity index (χ1n) is 5.33. The van der Waals surface area contributed by atoms with Gasteiger partial charge in [-0.15, -0.1) is 0 Å². The number of hydrogen-bond acceptors (Lipinski definition) is 4. The molecule has 2 atom stereocenters. The van der Waals surface area contributed by atoms with E-state index >= 15 is 0 Å². The maximum absolute atomic E-state index is 11.8. The Morgan fingerprint density at radius 2 is 2.11 bits per heavy atom. The van der Waals surface area contributed by atoms with Gasteiger partial charge in [0.15, 0.2) is 12.1 Å². The second-order valence-electron chi connectivity index (χ2n) is 3.85. The molecule has 18 heavy (non-hydrogen) atoms. The smallest absolute Gasteiger partial charge is 0.330 e. The number of hydrogen-bond donors (Lipinski definition) is 1. The Morgan fingerprint density at radius 3 is 2.67 bits per heavy atom. The van der Waals surface area contributed by atoms with Crippen molar-refractivity contribution in [3.8, 4) is 5.75 Å². The van der Waals surface area contributed by atoms with Crippen LogP contribution in [0.5, 0.6) is 5.75 Å². The molecule has 0 bridgehead atoms. The maximum atomic E-state index is 11.8. The van der Waals surface area contributed by atoms with Crippen molar-refractivity contribution >= 4 is 17.6 Å². The molecular weight excluding hydrogens is 238 g/mol. The van der Waals surface area contributed by atoms with Crippen LogP contribution in [0, 0.1) is 0 Å². The first kappa shape index (κ1) is 12.4. The average Bonchev–Trinajstić information content (AvgIpc) is 2.36. The predicted molar refractivity (Wildman–Crippen MR) is 62.7 cm³/mol. The summed E-state index contributed by atoms with van der Waals surface area (Å²) in [5, 5.41) is 9.11. The van der Waals surface area contributed by atoms with Crippen LogP contribution in [0.3, 0.4) is 0 Å². The molecule has 6 nitrogen and oxygen atoms in total. The summed E-state index contributed by atoms with van der Waals surface area (Å²) >= 11 is 0. The second kappa shape index (κ2) is 4.66. The molecule has 1 aromatic carbocycles. The Hall–Kier alpha value is -2.08. The van der Waals surface area contributed by atoms with Crippen LogP contribution >= 0.6 is 0 Å². The van der Waals surface area contributed by atoms with Gasteiger partial charge in [0.25, 0.3) is 5.91 Å². The fourth-order valence-electron chi connectivity index (χ4n) is 1.98. The fraction of sp³-hybridized carbons (Fsp3) is 0.333. The number of anilines is 1. The molecule has 1 heterocycles. The average molecular weight is 251 g/mol. The number of aliphatic carboxylic acids is 1. The molecule has 6 heteroatoms. The Morgan fingerprint density at radius 1 is 1.39 bits per heavy atom. The van der Waals surface area contributed by atoms with Gasteiger partial charge in [0, 0.05) is 18.9 Å². The quantitative estimate of drug-likeness (QED) is 0.789. The van der Waals surface area contributed by atoms with Gasteiger partial charge in [0.1, 0.15) is 5.75 Å². The first-order valence-corrected chi connectivity index (χ1v) is 5.33. The van der Waals surface area contributed by atoms with Gasteiger partial charge >= 0.3 is 5.97 Å². The molecule has 0 unspecified atom stereocenters. The number of carboxylic acid groups (broad SMARTS) is 1. The molecule has 96 valence electrons. The highest BCUT2D eigenvalue weighted by Gasteiger charge is 2.53. The molecule has 0 aliphatic carbocycles. The number of rotatable bonds is 4. The van der Waals surface area contributed by atoms with Gasteiger partial charge in [-0.25, -0.2) is 4.79 Å². The Labute approximate surface area is 104 Å². The Kier molecular flexibility index (Phi) is 3.20. The van der Waals surface area contributed by atoms with Gasteiger partial charge in [0.05, 0.1) is 7.11 Å². The molecule has 1 aliphatic heterocycles. The van der Waals surface area contributed by atoms with Gasteiger partial charge in [0.2, 0.25) is 0 Å². The normalized spacial score (nSPS) is 22.6. The second-order valence-corrected chi connectivity index (χ2v) is 3.85. The molecule has 1 aliphatic rings. The summed E-state index contributed by atoms with van der Waals surface area (Å²) < 4.78 is 9.92. The van der Waals surface area contributed by atoms with E-state index in [0.717, 1.165) is 0 Å². The molecule has 1 saturated heterocycles. The lowest BCUT2D eigenvalue weighted by Gasteiger charge is -2.43. The molecular formula is C12H13NO5. The molecule has 1 N–H and O–H groups in total. The number of benzene rings is 1. The lowest BCUT2D eigenvalue weighted by molar-refractivity contribution is -0.155. The van der Waals surface area contributed by atoms with E-state index in [1.807, 2.05) is 0 Å². The van der Waals surface area contributed by atoms with Gasteiger partial charge in [-0.05, 0) is 12.1 Å². The minimum atomic E-state index is -1.09. The topological polar surface area (TPSA) is 76.1 Å². The van der Waals surface area contributed by atoms with Gasteiger partial charge in [-0.2, -0.15) is 0 Å². The Balaban J connectivity index is 2.31. The minimum absolute atomic E-state index is 0.363. The summed E-state index contributed by atoms with van der Waals surface area (Å²) in [6.45, 7) is 0. The molecule has 0 aromatic heterocycles. The first-order chi connectivity index (χ1) is 8.60. The van der Waals surface area contributed by atoms with E-state index in [4.69, 9.17) is 14.6 Å². The van der Waals surface area contributed by atoms with Crippen molar-refractivity contribution in [2.24, 2.45) is 0 Å². The highest BCUT2D eigenvalue weighted by molar-refractivity contribution is 6.12. The number of methoxy groups -OCH3 is 2. The van der Waals surface area contributed by atoms with Crippen molar-refractivity contribution in [1.29, 1.82) is 0 Å². The number of nitrogens with zero attached hydrogens (tertiary/aromatic N) is 1. The summed E-state index contributed by atoms with van der Waals surface area (Å²) in [7, 11) is 2.82. The number of amides is 1. The number of carboxylic acids is 1. The number of β-lactam (4-membered cyclic amide) rings is 1. The third-order valence-corrected chi connectivity index (χ3v) is 2.88. The predicted octanol–water partition coefficient (Wildman–Crippen LogP) is 0.510. The SMILES string of the molecule is COc1cccc(N2C(=O)[C@H](OC)[C@@H]2C(=O)O)c1. The van der Waals surface area contributed by atoms with Crippen molar-refractivity contribution in [3.05, 3.63) is 24.3 Å². The van der Waals surface area contributed by atoms with Crippen LogP contribution in [0.4, 0.5) is 5.69 Å². The maximum Gasteiger partial charge on any atom is 0.330 e. The van der Waals surface area contributed by atoms with Crippen LogP contribution in [0.25, 0.3) is 0 Å². The lowest BCUT2D eigenvalue weighted by atomic mass is 9.96. The molecule has 2 rings (SSSR count). The van der Waals surface area contributed by atoms with Crippen LogP contribution in [-0.2, 0) is 14.3 Å². The third kappa shape index (κ3) is 1.80. The van der Waals surface area contributed by atoms with E-state index < -0.39 is 18.1 Å². The molecule has 1 amide bonds. The van der Waals surface area contributed by atoms with E-state index in [1.165, 1.54) is 19.1 Å². The molecule has 1 fully saturated rings. The molecule has 0 saturated carbocycles.